The van der Waals surface area contributed by atoms with Crippen molar-refractivity contribution in [2.45, 2.75) is 0 Å². The van der Waals surface area contributed by atoms with Gasteiger partial charge in [0, 0.05) is 26.2 Å². The van der Waals surface area contributed by atoms with E-state index in [0.717, 1.165) is 33.3 Å². The molecule has 1 aliphatic rings. The smallest absolute Gasteiger partial charge is 0.314 e. The number of rotatable bonds is 1. The minimum atomic E-state index is -4.16. The van der Waals surface area contributed by atoms with Crippen LogP contribution in [0.2, 0.25) is 0 Å². The van der Waals surface area contributed by atoms with Crippen LogP contribution in [0.25, 0.3) is 0 Å². The number of piperazine rings is 1. The van der Waals surface area contributed by atoms with Gasteiger partial charge in [0.25, 0.3) is 0 Å². The molecule has 1 saturated heterocycles. The number of hydrogen-bond donors (Lipinski definition) is 3. The van der Waals surface area contributed by atoms with Crippen molar-refractivity contribution >= 4 is 10.4 Å². The third kappa shape index (κ3) is 9.79. The topological polar surface area (TPSA) is 87.7 Å². The van der Waals surface area contributed by atoms with Gasteiger partial charge in [-0.25, -0.2) is 0 Å². The van der Waals surface area contributed by atoms with Crippen LogP contribution in [0.1, 0.15) is 0 Å². The Balaban J connectivity index is 0.000000202. The van der Waals surface area contributed by atoms with E-state index in [4.69, 9.17) is 4.55 Å². The molecule has 0 aromatic heterocycles. The van der Waals surface area contributed by atoms with Crippen molar-refractivity contribution in [2.75, 3.05) is 33.3 Å². The van der Waals surface area contributed by atoms with Gasteiger partial charge in [0.15, 0.2) is 0 Å². The van der Waals surface area contributed by atoms with Gasteiger partial charge in [0.1, 0.15) is 0 Å². The second-order valence-corrected chi connectivity index (χ2v) is 3.28. The monoisotopic (exact) mass is 198 g/mol. The van der Waals surface area contributed by atoms with Crippen LogP contribution in [0, 0.1) is 0 Å². The first kappa shape index (κ1) is 11.8. The highest BCUT2D eigenvalue weighted by atomic mass is 32.3. The van der Waals surface area contributed by atoms with Crippen LogP contribution < -0.4 is 10.6 Å². The van der Waals surface area contributed by atoms with Gasteiger partial charge in [-0.1, -0.05) is 0 Å². The zero-order valence-electron chi connectivity index (χ0n) is 6.91. The lowest BCUT2D eigenvalue weighted by Crippen LogP contribution is -2.39. The minimum Gasteiger partial charge on any atom is -0.314 e. The van der Waals surface area contributed by atoms with Gasteiger partial charge < -0.3 is 10.6 Å². The Kier molecular flexibility index (Phi) is 6.21. The van der Waals surface area contributed by atoms with Gasteiger partial charge in [-0.05, 0) is 0 Å². The molecule has 0 atom stereocenters. The Morgan fingerprint density at radius 1 is 1.17 bits per heavy atom. The Morgan fingerprint density at radius 2 is 1.42 bits per heavy atom. The SMILES string of the molecule is C1CNCCN1.COS(=O)(=O)O. The van der Waals surface area contributed by atoms with Gasteiger partial charge in [-0.3, -0.25) is 8.74 Å². The van der Waals surface area contributed by atoms with Crippen LogP contribution in [-0.2, 0) is 14.6 Å². The van der Waals surface area contributed by atoms with Crippen LogP contribution in [0.15, 0.2) is 0 Å². The quantitative estimate of drug-likeness (QED) is 0.450. The number of hydrogen-bond acceptors (Lipinski definition) is 5. The highest BCUT2D eigenvalue weighted by molar-refractivity contribution is 7.80. The summed E-state index contributed by atoms with van der Waals surface area (Å²) in [6.07, 6.45) is 0. The normalized spacial score (nSPS) is 17.8. The second kappa shape index (κ2) is 6.32. The van der Waals surface area contributed by atoms with Gasteiger partial charge in [-0.15, -0.1) is 0 Å². The van der Waals surface area contributed by atoms with Crippen molar-refractivity contribution in [3.05, 3.63) is 0 Å². The zero-order valence-corrected chi connectivity index (χ0v) is 7.73. The minimum absolute atomic E-state index is 0.870. The van der Waals surface area contributed by atoms with Gasteiger partial charge in [0.2, 0.25) is 0 Å². The third-order valence-corrected chi connectivity index (χ3v) is 1.59. The predicted molar refractivity (Wildman–Crippen MR) is 44.3 cm³/mol. The summed E-state index contributed by atoms with van der Waals surface area (Å²) in [5, 5.41) is 6.44. The van der Waals surface area contributed by atoms with Crippen molar-refractivity contribution in [1.29, 1.82) is 0 Å². The molecule has 74 valence electrons. The maximum Gasteiger partial charge on any atom is 0.397 e. The van der Waals surface area contributed by atoms with E-state index in [0.29, 0.717) is 0 Å². The van der Waals surface area contributed by atoms with E-state index in [-0.39, 0.29) is 0 Å². The van der Waals surface area contributed by atoms with Crippen molar-refractivity contribution in [3.8, 4) is 0 Å². The first-order valence-corrected chi connectivity index (χ1v) is 4.87. The van der Waals surface area contributed by atoms with Gasteiger partial charge in [-0.2, -0.15) is 8.42 Å². The number of nitrogens with one attached hydrogen (secondary N) is 2. The lowest BCUT2D eigenvalue weighted by Gasteiger charge is -2.11. The molecule has 0 aliphatic carbocycles. The molecular weight excluding hydrogens is 184 g/mol. The van der Waals surface area contributed by atoms with Crippen LogP contribution in [0.3, 0.4) is 0 Å². The summed E-state index contributed by atoms with van der Waals surface area (Å²) < 4.78 is 29.7. The van der Waals surface area contributed by atoms with E-state index in [2.05, 4.69) is 14.8 Å². The molecule has 12 heavy (non-hydrogen) atoms. The predicted octanol–water partition coefficient (Wildman–Crippen LogP) is -1.39. The molecule has 1 fully saturated rings. The van der Waals surface area contributed by atoms with E-state index >= 15 is 0 Å². The molecule has 0 spiro atoms. The second-order valence-electron chi connectivity index (χ2n) is 2.09. The molecule has 0 saturated carbocycles. The Morgan fingerprint density at radius 3 is 1.50 bits per heavy atom. The van der Waals surface area contributed by atoms with Crippen molar-refractivity contribution in [1.82, 2.24) is 10.6 Å². The van der Waals surface area contributed by atoms with Gasteiger partial charge in [0.05, 0.1) is 7.11 Å². The van der Waals surface area contributed by atoms with E-state index in [9.17, 15) is 8.42 Å². The molecule has 0 unspecified atom stereocenters. The summed E-state index contributed by atoms with van der Waals surface area (Å²) in [6, 6.07) is 0. The summed E-state index contributed by atoms with van der Waals surface area (Å²) in [5.41, 5.74) is 0. The van der Waals surface area contributed by atoms with Crippen molar-refractivity contribution in [2.24, 2.45) is 0 Å². The molecule has 0 bridgehead atoms. The molecule has 0 aromatic rings. The maximum atomic E-state index is 9.33. The van der Waals surface area contributed by atoms with Crippen LogP contribution in [0.5, 0.6) is 0 Å². The standard InChI is InChI=1S/C4H10N2.CH4O4S/c1-2-6-4-3-5-1;1-5-6(2,3)4/h5-6H,1-4H2;1H3,(H,2,3,4). The largest absolute Gasteiger partial charge is 0.397 e. The van der Waals surface area contributed by atoms with E-state index < -0.39 is 10.4 Å². The average Bonchev–Trinajstić information content (AvgIpc) is 2.07. The summed E-state index contributed by atoms with van der Waals surface area (Å²) in [4.78, 5) is 0. The molecule has 1 aliphatic heterocycles. The third-order valence-electron chi connectivity index (χ3n) is 1.17. The Labute approximate surface area is 72.2 Å². The fourth-order valence-electron chi connectivity index (χ4n) is 0.604. The summed E-state index contributed by atoms with van der Waals surface area (Å²) >= 11 is 0. The summed E-state index contributed by atoms with van der Waals surface area (Å²) in [5.74, 6) is 0. The Hall–Kier alpha value is -0.210. The zero-order chi connectivity index (χ0) is 9.45. The highest BCUT2D eigenvalue weighted by Crippen LogP contribution is 1.74. The fraction of sp³-hybridized carbons (Fsp3) is 1.00. The molecule has 3 N–H and O–H groups in total. The lowest BCUT2D eigenvalue weighted by molar-refractivity contribution is 0.324. The van der Waals surface area contributed by atoms with Crippen molar-refractivity contribution < 1.29 is 17.2 Å². The molecule has 1 rings (SSSR count). The first-order valence-electron chi connectivity index (χ1n) is 3.51. The van der Waals surface area contributed by atoms with E-state index in [1.165, 1.54) is 0 Å². The van der Waals surface area contributed by atoms with Crippen LogP contribution in [-0.4, -0.2) is 46.3 Å². The van der Waals surface area contributed by atoms with Gasteiger partial charge >= 0.3 is 10.4 Å². The molecule has 0 radical (unpaired) electrons. The lowest BCUT2D eigenvalue weighted by atomic mass is 10.4. The molecular formula is C5H14N2O4S. The molecule has 1 heterocycles. The molecule has 0 amide bonds. The fourth-order valence-corrected chi connectivity index (χ4v) is 0.604. The van der Waals surface area contributed by atoms with E-state index in [1.54, 1.807) is 0 Å². The molecule has 7 heteroatoms. The average molecular weight is 198 g/mol. The van der Waals surface area contributed by atoms with Crippen LogP contribution >= 0.6 is 0 Å². The maximum absolute atomic E-state index is 9.33. The summed E-state index contributed by atoms with van der Waals surface area (Å²) in [7, 11) is -3.29. The highest BCUT2D eigenvalue weighted by Gasteiger charge is 1.94. The molecule has 0 aromatic carbocycles. The summed E-state index contributed by atoms with van der Waals surface area (Å²) in [6.45, 7) is 4.56. The first-order chi connectivity index (χ1) is 5.56. The molecule has 6 nitrogen and oxygen atoms in total. The van der Waals surface area contributed by atoms with Crippen LogP contribution in [0.4, 0.5) is 0 Å². The van der Waals surface area contributed by atoms with Crippen molar-refractivity contribution in [3.63, 3.8) is 0 Å². The Bertz CT molecular complexity index is 176. The van der Waals surface area contributed by atoms with E-state index in [1.807, 2.05) is 0 Å².